The largest absolute Gasteiger partial charge is 0.399 e. The van der Waals surface area contributed by atoms with Crippen molar-refractivity contribution >= 4 is 45.4 Å². The molecule has 1 aromatic rings. The van der Waals surface area contributed by atoms with Crippen LogP contribution in [-0.4, -0.2) is 43.8 Å². The molecule has 0 atom stereocenters. The van der Waals surface area contributed by atoms with Crippen LogP contribution in [0, 0.1) is 0 Å². The van der Waals surface area contributed by atoms with Gasteiger partial charge in [-0.3, -0.25) is 4.79 Å². The number of rotatable bonds is 1. The Bertz CT molecular complexity index is 605. The molecule has 20 heavy (non-hydrogen) atoms. The average Bonchev–Trinajstić information content (AvgIpc) is 2.49. The van der Waals surface area contributed by atoms with Crippen LogP contribution in [0.25, 0.3) is 0 Å². The molecule has 1 amide bonds. The van der Waals surface area contributed by atoms with E-state index in [9.17, 15) is 13.2 Å². The second-order valence-corrected chi connectivity index (χ2v) is 7.25. The molecular formula is C12H16Cl2N2O3S. The fourth-order valence-electron chi connectivity index (χ4n) is 2.02. The highest BCUT2D eigenvalue weighted by molar-refractivity contribution is 7.91. The van der Waals surface area contributed by atoms with Gasteiger partial charge in [-0.15, -0.1) is 12.4 Å². The molecule has 1 aromatic carbocycles. The highest BCUT2D eigenvalue weighted by Crippen LogP contribution is 2.21. The van der Waals surface area contributed by atoms with Crippen LogP contribution in [0.4, 0.5) is 5.69 Å². The first-order chi connectivity index (χ1) is 8.89. The van der Waals surface area contributed by atoms with Gasteiger partial charge in [0.1, 0.15) is 0 Å². The molecule has 1 aliphatic heterocycles. The number of carbonyl (C=O) groups excluding carboxylic acids is 1. The number of nitrogens with zero attached hydrogens (tertiary/aromatic N) is 1. The van der Waals surface area contributed by atoms with E-state index in [0.29, 0.717) is 24.2 Å². The first-order valence-electron chi connectivity index (χ1n) is 5.94. The van der Waals surface area contributed by atoms with Crippen LogP contribution in [0.15, 0.2) is 18.2 Å². The quantitative estimate of drug-likeness (QED) is 0.788. The summed E-state index contributed by atoms with van der Waals surface area (Å²) in [6, 6.07) is 4.69. The maximum absolute atomic E-state index is 12.3. The Balaban J connectivity index is 0.00000200. The summed E-state index contributed by atoms with van der Waals surface area (Å²) in [7, 11) is -3.03. The summed E-state index contributed by atoms with van der Waals surface area (Å²) in [6.45, 7) is 0.640. The van der Waals surface area contributed by atoms with Crippen molar-refractivity contribution in [1.82, 2.24) is 4.90 Å². The van der Waals surface area contributed by atoms with Gasteiger partial charge in [-0.1, -0.05) is 11.6 Å². The van der Waals surface area contributed by atoms with Crippen molar-refractivity contribution in [3.05, 3.63) is 28.8 Å². The van der Waals surface area contributed by atoms with Crippen molar-refractivity contribution in [3.63, 3.8) is 0 Å². The number of anilines is 1. The number of hydrogen-bond acceptors (Lipinski definition) is 4. The highest BCUT2D eigenvalue weighted by atomic mass is 35.5. The Kier molecular flexibility index (Phi) is 5.68. The molecule has 2 rings (SSSR count). The number of amides is 1. The second-order valence-electron chi connectivity index (χ2n) is 4.54. The van der Waals surface area contributed by atoms with Gasteiger partial charge in [-0.25, -0.2) is 8.42 Å². The number of carbonyl (C=O) groups is 1. The molecule has 2 N–H and O–H groups in total. The van der Waals surface area contributed by atoms with Crippen molar-refractivity contribution in [1.29, 1.82) is 0 Å². The number of nitrogen functional groups attached to an aromatic ring is 1. The fraction of sp³-hybridized carbons (Fsp3) is 0.417. The van der Waals surface area contributed by atoms with Gasteiger partial charge >= 0.3 is 0 Å². The van der Waals surface area contributed by atoms with Crippen molar-refractivity contribution < 1.29 is 13.2 Å². The lowest BCUT2D eigenvalue weighted by Gasteiger charge is -2.20. The van der Waals surface area contributed by atoms with E-state index < -0.39 is 9.84 Å². The van der Waals surface area contributed by atoms with Crippen LogP contribution in [0.5, 0.6) is 0 Å². The van der Waals surface area contributed by atoms with Crippen molar-refractivity contribution in [2.24, 2.45) is 0 Å². The standard InChI is InChI=1S/C12H15ClN2O3S.ClH/c13-11-8-9(14)2-3-10(11)12(16)15-4-1-6-19(17,18)7-5-15;/h2-3,8H,1,4-7,14H2;1H. The van der Waals surface area contributed by atoms with Crippen molar-refractivity contribution in [2.45, 2.75) is 6.42 Å². The predicted octanol–water partition coefficient (Wildman–Crippen LogP) is 1.60. The summed E-state index contributed by atoms with van der Waals surface area (Å²) in [5.74, 6) is -0.112. The highest BCUT2D eigenvalue weighted by Gasteiger charge is 2.24. The minimum atomic E-state index is -3.03. The molecule has 0 unspecified atom stereocenters. The van der Waals surface area contributed by atoms with Gasteiger partial charge in [0, 0.05) is 18.8 Å². The minimum Gasteiger partial charge on any atom is -0.399 e. The normalized spacial score (nSPS) is 17.9. The Morgan fingerprint density at radius 1 is 1.25 bits per heavy atom. The van der Waals surface area contributed by atoms with E-state index in [1.54, 1.807) is 12.1 Å². The van der Waals surface area contributed by atoms with Gasteiger partial charge in [0.2, 0.25) is 0 Å². The van der Waals surface area contributed by atoms with E-state index in [0.717, 1.165) is 0 Å². The third-order valence-corrected chi connectivity index (χ3v) is 5.09. The number of nitrogens with two attached hydrogens (primary N) is 1. The molecule has 1 heterocycles. The average molecular weight is 339 g/mol. The number of hydrogen-bond donors (Lipinski definition) is 1. The predicted molar refractivity (Wildman–Crippen MR) is 82.3 cm³/mol. The molecule has 0 spiro atoms. The SMILES string of the molecule is Cl.Nc1ccc(C(=O)N2CCCS(=O)(=O)CC2)c(Cl)c1. The van der Waals surface area contributed by atoms with Gasteiger partial charge in [-0.2, -0.15) is 0 Å². The van der Waals surface area contributed by atoms with E-state index in [-0.39, 0.29) is 41.4 Å². The van der Waals surface area contributed by atoms with Crippen LogP contribution in [0.3, 0.4) is 0 Å². The molecule has 0 saturated carbocycles. The lowest BCUT2D eigenvalue weighted by atomic mass is 10.1. The second kappa shape index (κ2) is 6.65. The van der Waals surface area contributed by atoms with E-state index in [4.69, 9.17) is 17.3 Å². The van der Waals surface area contributed by atoms with Gasteiger partial charge in [0.05, 0.1) is 22.1 Å². The van der Waals surface area contributed by atoms with Gasteiger partial charge in [-0.05, 0) is 24.6 Å². The number of benzene rings is 1. The molecule has 0 aromatic heterocycles. The summed E-state index contributed by atoms with van der Waals surface area (Å²) >= 11 is 5.99. The number of halogens is 2. The molecule has 0 bridgehead atoms. The van der Waals surface area contributed by atoms with Gasteiger partial charge < -0.3 is 10.6 Å². The third kappa shape index (κ3) is 4.01. The first-order valence-corrected chi connectivity index (χ1v) is 8.14. The summed E-state index contributed by atoms with van der Waals surface area (Å²) in [5.41, 5.74) is 6.42. The van der Waals surface area contributed by atoms with Gasteiger partial charge in [0.15, 0.2) is 9.84 Å². The summed E-state index contributed by atoms with van der Waals surface area (Å²) in [4.78, 5) is 13.8. The van der Waals surface area contributed by atoms with Crippen LogP contribution in [0.2, 0.25) is 5.02 Å². The lowest BCUT2D eigenvalue weighted by molar-refractivity contribution is 0.0768. The molecule has 112 valence electrons. The van der Waals surface area contributed by atoms with Crippen molar-refractivity contribution in [3.8, 4) is 0 Å². The zero-order valence-electron chi connectivity index (χ0n) is 10.7. The lowest BCUT2D eigenvalue weighted by Crippen LogP contribution is -2.33. The molecule has 8 heteroatoms. The molecule has 0 aliphatic carbocycles. The van der Waals surface area contributed by atoms with Crippen LogP contribution >= 0.6 is 24.0 Å². The topological polar surface area (TPSA) is 80.5 Å². The minimum absolute atomic E-state index is 0. The molecule has 0 radical (unpaired) electrons. The summed E-state index contributed by atoms with van der Waals surface area (Å²) in [5, 5.41) is 0.289. The third-order valence-electron chi connectivity index (χ3n) is 3.07. The van der Waals surface area contributed by atoms with Crippen molar-refractivity contribution in [2.75, 3.05) is 30.3 Å². The van der Waals surface area contributed by atoms with Crippen LogP contribution < -0.4 is 5.73 Å². The van der Waals surface area contributed by atoms with E-state index in [1.807, 2.05) is 0 Å². The summed E-state index contributed by atoms with van der Waals surface area (Å²) < 4.78 is 23.0. The molecular weight excluding hydrogens is 323 g/mol. The molecule has 1 aliphatic rings. The molecule has 1 fully saturated rings. The fourth-order valence-corrected chi connectivity index (χ4v) is 3.56. The zero-order valence-corrected chi connectivity index (χ0v) is 13.1. The Morgan fingerprint density at radius 2 is 1.95 bits per heavy atom. The number of sulfone groups is 1. The zero-order chi connectivity index (χ0) is 14.0. The Hall–Kier alpha value is -0.980. The van der Waals surface area contributed by atoms with Crippen LogP contribution in [0.1, 0.15) is 16.8 Å². The maximum atomic E-state index is 12.3. The van der Waals surface area contributed by atoms with E-state index >= 15 is 0 Å². The maximum Gasteiger partial charge on any atom is 0.255 e. The monoisotopic (exact) mass is 338 g/mol. The summed E-state index contributed by atoms with van der Waals surface area (Å²) in [6.07, 6.45) is 0.459. The first kappa shape index (κ1) is 17.1. The smallest absolute Gasteiger partial charge is 0.255 e. The van der Waals surface area contributed by atoms with E-state index in [2.05, 4.69) is 0 Å². The Labute approximate surface area is 129 Å². The molecule has 1 saturated heterocycles. The Morgan fingerprint density at radius 3 is 2.60 bits per heavy atom. The van der Waals surface area contributed by atoms with Crippen LogP contribution in [-0.2, 0) is 9.84 Å². The van der Waals surface area contributed by atoms with Gasteiger partial charge in [0.25, 0.3) is 5.91 Å². The van der Waals surface area contributed by atoms with E-state index in [1.165, 1.54) is 11.0 Å². The molecule has 5 nitrogen and oxygen atoms in total.